The van der Waals surface area contributed by atoms with E-state index in [2.05, 4.69) is 0 Å². The van der Waals surface area contributed by atoms with Gasteiger partial charge in [-0.3, -0.25) is 0 Å². The molecular weight excluding hydrogens is 170 g/mol. The smallest absolute Gasteiger partial charge is 0.461 e. The summed E-state index contributed by atoms with van der Waals surface area (Å²) < 4.78 is 6.64. The molecule has 2 rings (SSSR count). The minimum absolute atomic E-state index is 0.0544. The van der Waals surface area contributed by atoms with E-state index < -0.39 is 5.97 Å². The summed E-state index contributed by atoms with van der Waals surface area (Å²) in [4.78, 5) is 10.7. The Labute approximate surface area is 74.0 Å². The van der Waals surface area contributed by atoms with Gasteiger partial charge in [-0.05, 0) is 6.07 Å². The second-order valence-corrected chi connectivity index (χ2v) is 2.74. The van der Waals surface area contributed by atoms with Gasteiger partial charge in [0, 0.05) is 6.07 Å². The quantitative estimate of drug-likeness (QED) is 0.661. The highest BCUT2D eigenvalue weighted by Crippen LogP contribution is 2.11. The fourth-order valence-corrected chi connectivity index (χ4v) is 1.29. The van der Waals surface area contributed by atoms with Crippen LogP contribution in [0.5, 0.6) is 0 Å². The summed E-state index contributed by atoms with van der Waals surface area (Å²) in [5, 5.41) is 8.75. The molecule has 4 heteroatoms. The molecule has 0 amide bonds. The van der Waals surface area contributed by atoms with Gasteiger partial charge in [0.15, 0.2) is 0 Å². The highest BCUT2D eigenvalue weighted by Gasteiger charge is 2.24. The molecule has 0 bridgehead atoms. The van der Waals surface area contributed by atoms with Gasteiger partial charge in [0.05, 0.1) is 0 Å². The van der Waals surface area contributed by atoms with Crippen molar-refractivity contribution in [2.75, 3.05) is 0 Å². The second-order valence-electron chi connectivity index (χ2n) is 2.74. The number of aromatic nitrogens is 1. The van der Waals surface area contributed by atoms with E-state index >= 15 is 0 Å². The Morgan fingerprint density at radius 1 is 1.46 bits per heavy atom. The molecule has 0 aliphatic carbocycles. The van der Waals surface area contributed by atoms with Crippen molar-refractivity contribution in [3.05, 3.63) is 30.2 Å². The number of carboxylic acid groups (broad SMARTS) is 1. The van der Waals surface area contributed by atoms with E-state index in [0.29, 0.717) is 5.58 Å². The minimum Gasteiger partial charge on any atom is -0.471 e. The van der Waals surface area contributed by atoms with Crippen molar-refractivity contribution in [2.45, 2.75) is 0 Å². The van der Waals surface area contributed by atoms with Gasteiger partial charge in [0.2, 0.25) is 5.58 Å². The topological polar surface area (TPSA) is 54.3 Å². The molecule has 0 spiro atoms. The average Bonchev–Trinajstić information content (AvgIpc) is 2.45. The third-order valence-electron chi connectivity index (χ3n) is 1.92. The normalized spacial score (nSPS) is 10.5. The fourth-order valence-electron chi connectivity index (χ4n) is 1.29. The van der Waals surface area contributed by atoms with Gasteiger partial charge in [0.25, 0.3) is 5.52 Å². The highest BCUT2D eigenvalue weighted by atomic mass is 16.4. The van der Waals surface area contributed by atoms with Gasteiger partial charge in [-0.15, -0.1) is 0 Å². The number of para-hydroxylation sites is 2. The monoisotopic (exact) mass is 178 g/mol. The summed E-state index contributed by atoms with van der Waals surface area (Å²) in [6.45, 7) is 0. The van der Waals surface area contributed by atoms with Crippen LogP contribution in [0.25, 0.3) is 11.1 Å². The summed E-state index contributed by atoms with van der Waals surface area (Å²) >= 11 is 0. The van der Waals surface area contributed by atoms with Crippen LogP contribution in [0.15, 0.2) is 28.7 Å². The van der Waals surface area contributed by atoms with Crippen LogP contribution in [0.1, 0.15) is 10.7 Å². The maximum atomic E-state index is 10.7. The van der Waals surface area contributed by atoms with Gasteiger partial charge in [0.1, 0.15) is 7.05 Å². The van der Waals surface area contributed by atoms with Gasteiger partial charge >= 0.3 is 11.9 Å². The van der Waals surface area contributed by atoms with E-state index in [4.69, 9.17) is 9.52 Å². The molecule has 0 atom stereocenters. The van der Waals surface area contributed by atoms with E-state index in [-0.39, 0.29) is 5.89 Å². The van der Waals surface area contributed by atoms with E-state index in [1.165, 1.54) is 4.57 Å². The molecule has 2 aromatic rings. The summed E-state index contributed by atoms with van der Waals surface area (Å²) in [5.41, 5.74) is 1.36. The van der Waals surface area contributed by atoms with Gasteiger partial charge < -0.3 is 9.52 Å². The minimum atomic E-state index is -1.06. The Kier molecular flexibility index (Phi) is 1.55. The summed E-state index contributed by atoms with van der Waals surface area (Å²) in [5.74, 6) is -1.11. The first kappa shape index (κ1) is 7.79. The third kappa shape index (κ3) is 1.07. The van der Waals surface area contributed by atoms with Gasteiger partial charge in [-0.2, -0.15) is 4.57 Å². The molecule has 0 unspecified atom stereocenters. The van der Waals surface area contributed by atoms with E-state index in [9.17, 15) is 4.79 Å². The predicted octanol–water partition coefficient (Wildman–Crippen LogP) is 0.955. The zero-order valence-corrected chi connectivity index (χ0v) is 7.02. The van der Waals surface area contributed by atoms with Crippen molar-refractivity contribution in [1.29, 1.82) is 0 Å². The van der Waals surface area contributed by atoms with Crippen molar-refractivity contribution >= 4 is 17.1 Å². The Morgan fingerprint density at radius 2 is 2.15 bits per heavy atom. The second kappa shape index (κ2) is 2.58. The maximum Gasteiger partial charge on any atom is 0.461 e. The van der Waals surface area contributed by atoms with Crippen molar-refractivity contribution in [2.24, 2.45) is 7.05 Å². The van der Waals surface area contributed by atoms with Crippen LogP contribution < -0.4 is 4.57 Å². The lowest BCUT2D eigenvalue weighted by atomic mass is 10.3. The SMILES string of the molecule is C[n+]1c(C(=O)O)oc2ccccc21. The number of fused-ring (bicyclic) bond motifs is 1. The van der Waals surface area contributed by atoms with Crippen LogP contribution in [0.2, 0.25) is 0 Å². The molecule has 0 aliphatic heterocycles. The number of hydrogen-bond donors (Lipinski definition) is 1. The number of aryl methyl sites for hydroxylation is 1. The number of carbonyl (C=O) groups is 1. The molecule has 1 aromatic heterocycles. The molecule has 0 saturated heterocycles. The van der Waals surface area contributed by atoms with Crippen LogP contribution in [0.3, 0.4) is 0 Å². The first-order valence-corrected chi connectivity index (χ1v) is 3.81. The van der Waals surface area contributed by atoms with E-state index in [0.717, 1.165) is 5.52 Å². The van der Waals surface area contributed by atoms with E-state index in [1.807, 2.05) is 12.1 Å². The first-order valence-electron chi connectivity index (χ1n) is 3.81. The third-order valence-corrected chi connectivity index (χ3v) is 1.92. The molecule has 1 aromatic carbocycles. The Morgan fingerprint density at radius 3 is 2.77 bits per heavy atom. The number of nitrogens with zero attached hydrogens (tertiary/aromatic N) is 1. The molecule has 66 valence electrons. The average molecular weight is 178 g/mol. The number of hydrogen-bond acceptors (Lipinski definition) is 2. The number of benzene rings is 1. The molecular formula is C9H8NO3+. The van der Waals surface area contributed by atoms with E-state index in [1.54, 1.807) is 19.2 Å². The Balaban J connectivity index is 2.81. The standard InChI is InChI=1S/C9H7NO3/c1-10-6-4-2-3-5-7(6)13-8(10)9(11)12/h2-5H,1H3/p+1. The largest absolute Gasteiger partial charge is 0.471 e. The zero-order valence-electron chi connectivity index (χ0n) is 7.02. The highest BCUT2D eigenvalue weighted by molar-refractivity contribution is 5.83. The van der Waals surface area contributed by atoms with Crippen molar-refractivity contribution in [1.82, 2.24) is 0 Å². The summed E-state index contributed by atoms with van der Waals surface area (Å²) in [6.07, 6.45) is 0. The lowest BCUT2D eigenvalue weighted by Gasteiger charge is -1.81. The molecule has 1 heterocycles. The molecule has 1 N–H and O–H groups in total. The fraction of sp³-hybridized carbons (Fsp3) is 0.111. The van der Waals surface area contributed by atoms with Crippen molar-refractivity contribution in [3.63, 3.8) is 0 Å². The molecule has 0 radical (unpaired) electrons. The molecule has 0 aliphatic rings. The number of carboxylic acids is 1. The number of oxazole rings is 1. The molecule has 4 nitrogen and oxygen atoms in total. The molecule has 0 saturated carbocycles. The lowest BCUT2D eigenvalue weighted by molar-refractivity contribution is -0.652. The van der Waals surface area contributed by atoms with Gasteiger partial charge in [-0.1, -0.05) is 12.1 Å². The first-order chi connectivity index (χ1) is 6.20. The summed E-state index contributed by atoms with van der Waals surface area (Å²) in [7, 11) is 1.66. The van der Waals surface area contributed by atoms with Crippen molar-refractivity contribution in [3.8, 4) is 0 Å². The predicted molar refractivity (Wildman–Crippen MR) is 44.3 cm³/mol. The summed E-state index contributed by atoms with van der Waals surface area (Å²) in [6, 6.07) is 7.19. The van der Waals surface area contributed by atoms with Gasteiger partial charge in [-0.25, -0.2) is 4.79 Å². The van der Waals surface area contributed by atoms with Crippen LogP contribution in [-0.2, 0) is 7.05 Å². The number of rotatable bonds is 1. The number of aromatic carboxylic acids is 1. The molecule has 0 fully saturated rings. The Hall–Kier alpha value is -1.84. The van der Waals surface area contributed by atoms with Crippen molar-refractivity contribution < 1.29 is 18.9 Å². The van der Waals surface area contributed by atoms with Crippen LogP contribution >= 0.6 is 0 Å². The zero-order chi connectivity index (χ0) is 9.42. The maximum absolute atomic E-state index is 10.7. The lowest BCUT2D eigenvalue weighted by Crippen LogP contribution is -2.33. The van der Waals surface area contributed by atoms with Crippen LogP contribution in [0, 0.1) is 0 Å². The Bertz CT molecular complexity index is 473. The van der Waals surface area contributed by atoms with Crippen LogP contribution in [0.4, 0.5) is 0 Å². The molecule has 13 heavy (non-hydrogen) atoms. The van der Waals surface area contributed by atoms with Crippen LogP contribution in [-0.4, -0.2) is 11.1 Å².